The molecule has 0 saturated heterocycles. The van der Waals surface area contributed by atoms with Crippen molar-refractivity contribution in [2.24, 2.45) is 0 Å². The third-order valence-corrected chi connectivity index (χ3v) is 3.16. The lowest BCUT2D eigenvalue weighted by atomic mass is 10.2. The van der Waals surface area contributed by atoms with E-state index in [2.05, 4.69) is 10.4 Å². The van der Waals surface area contributed by atoms with E-state index in [0.717, 1.165) is 13.0 Å². The lowest BCUT2D eigenvalue weighted by Gasteiger charge is -2.15. The van der Waals surface area contributed by atoms with E-state index in [0.29, 0.717) is 18.7 Å². The molecule has 0 aliphatic rings. The fourth-order valence-corrected chi connectivity index (χ4v) is 2.07. The SMILES string of the molecule is CCC(C(=O)NCCCN(C)C)n1nc([N+](=O)[O-])cc1C. The predicted octanol–water partition coefficient (Wildman–Crippen LogP) is 1.12. The Balaban J connectivity index is 2.69. The fraction of sp³-hybridized carbons (Fsp3) is 0.692. The summed E-state index contributed by atoms with van der Waals surface area (Å²) < 4.78 is 1.43. The van der Waals surface area contributed by atoms with Gasteiger partial charge in [-0.15, -0.1) is 0 Å². The maximum Gasteiger partial charge on any atom is 0.390 e. The van der Waals surface area contributed by atoms with Gasteiger partial charge in [-0.3, -0.25) is 4.79 Å². The molecular formula is C13H23N5O3. The summed E-state index contributed by atoms with van der Waals surface area (Å²) in [5.41, 5.74) is 0.608. The molecule has 1 amide bonds. The van der Waals surface area contributed by atoms with Gasteiger partial charge in [0.25, 0.3) is 0 Å². The quantitative estimate of drug-likeness (QED) is 0.441. The van der Waals surface area contributed by atoms with Crippen molar-refractivity contribution in [3.8, 4) is 0 Å². The van der Waals surface area contributed by atoms with Crippen LogP contribution < -0.4 is 5.32 Å². The van der Waals surface area contributed by atoms with E-state index in [9.17, 15) is 14.9 Å². The summed E-state index contributed by atoms with van der Waals surface area (Å²) in [4.78, 5) is 24.4. The smallest absolute Gasteiger partial charge is 0.358 e. The minimum absolute atomic E-state index is 0.155. The Morgan fingerprint density at radius 3 is 2.71 bits per heavy atom. The summed E-state index contributed by atoms with van der Waals surface area (Å²) in [7, 11) is 3.95. The number of carbonyl (C=O) groups is 1. The first-order chi connectivity index (χ1) is 9.86. The molecule has 0 fully saturated rings. The third-order valence-electron chi connectivity index (χ3n) is 3.16. The average Bonchev–Trinajstić information content (AvgIpc) is 2.78. The normalized spacial score (nSPS) is 12.4. The summed E-state index contributed by atoms with van der Waals surface area (Å²) in [6.45, 7) is 5.04. The number of aryl methyl sites for hydroxylation is 1. The van der Waals surface area contributed by atoms with E-state index < -0.39 is 11.0 Å². The highest BCUT2D eigenvalue weighted by Crippen LogP contribution is 2.18. The van der Waals surface area contributed by atoms with Crippen LogP contribution in [0.4, 0.5) is 5.82 Å². The first kappa shape index (κ1) is 17.1. The number of hydrogen-bond acceptors (Lipinski definition) is 5. The lowest BCUT2D eigenvalue weighted by Crippen LogP contribution is -2.34. The van der Waals surface area contributed by atoms with E-state index in [-0.39, 0.29) is 11.7 Å². The highest BCUT2D eigenvalue weighted by Gasteiger charge is 2.26. The van der Waals surface area contributed by atoms with Crippen molar-refractivity contribution in [1.29, 1.82) is 0 Å². The van der Waals surface area contributed by atoms with Crippen LogP contribution in [0.25, 0.3) is 0 Å². The van der Waals surface area contributed by atoms with E-state index in [1.807, 2.05) is 25.9 Å². The summed E-state index contributed by atoms with van der Waals surface area (Å²) in [5.74, 6) is -0.385. The Bertz CT molecular complexity index is 498. The maximum absolute atomic E-state index is 12.2. The molecule has 118 valence electrons. The van der Waals surface area contributed by atoms with Gasteiger partial charge in [0.05, 0.1) is 16.9 Å². The Hall–Kier alpha value is -1.96. The molecule has 0 bridgehead atoms. The minimum Gasteiger partial charge on any atom is -0.358 e. The maximum atomic E-state index is 12.2. The highest BCUT2D eigenvalue weighted by atomic mass is 16.6. The molecule has 1 atom stereocenters. The second kappa shape index (κ2) is 7.72. The molecule has 0 radical (unpaired) electrons. The van der Waals surface area contributed by atoms with Crippen molar-refractivity contribution >= 4 is 11.7 Å². The second-order valence-electron chi connectivity index (χ2n) is 5.22. The molecule has 0 aromatic carbocycles. The summed E-state index contributed by atoms with van der Waals surface area (Å²) in [6, 6.07) is 0.861. The van der Waals surface area contributed by atoms with E-state index in [1.54, 1.807) is 6.92 Å². The van der Waals surface area contributed by atoms with Crippen molar-refractivity contribution in [3.05, 3.63) is 21.9 Å². The standard InChI is InChI=1S/C13H23N5O3/c1-5-11(13(19)14-7-6-8-16(3)4)17-10(2)9-12(15-17)18(20)21/h9,11H,5-8H2,1-4H3,(H,14,19). The molecule has 1 unspecified atom stereocenters. The van der Waals surface area contributed by atoms with Crippen molar-refractivity contribution in [2.75, 3.05) is 27.2 Å². The van der Waals surface area contributed by atoms with Gasteiger partial charge in [0, 0.05) is 6.54 Å². The van der Waals surface area contributed by atoms with Crippen molar-refractivity contribution < 1.29 is 9.72 Å². The Kier molecular flexibility index (Phi) is 6.29. The topological polar surface area (TPSA) is 93.3 Å². The van der Waals surface area contributed by atoms with Crippen LogP contribution in [0.15, 0.2) is 6.07 Å². The minimum atomic E-state index is -0.550. The molecule has 0 aliphatic heterocycles. The van der Waals surface area contributed by atoms with Crippen LogP contribution in [0.5, 0.6) is 0 Å². The molecule has 8 heteroatoms. The van der Waals surface area contributed by atoms with Crippen LogP contribution >= 0.6 is 0 Å². The number of nitrogens with zero attached hydrogens (tertiary/aromatic N) is 4. The molecule has 1 heterocycles. The van der Waals surface area contributed by atoms with Crippen LogP contribution in [0.1, 0.15) is 31.5 Å². The van der Waals surface area contributed by atoms with Crippen molar-refractivity contribution in [1.82, 2.24) is 20.0 Å². The summed E-state index contributed by atoms with van der Waals surface area (Å²) in [5, 5.41) is 17.5. The Morgan fingerprint density at radius 2 is 2.24 bits per heavy atom. The van der Waals surface area contributed by atoms with Crippen LogP contribution in [0, 0.1) is 17.0 Å². The van der Waals surface area contributed by atoms with Crippen LogP contribution in [-0.2, 0) is 4.79 Å². The van der Waals surface area contributed by atoms with Gasteiger partial charge in [0.2, 0.25) is 5.91 Å². The van der Waals surface area contributed by atoms with E-state index in [1.165, 1.54) is 10.7 Å². The van der Waals surface area contributed by atoms with Gasteiger partial charge in [0.15, 0.2) is 6.04 Å². The third kappa shape index (κ3) is 4.82. The summed E-state index contributed by atoms with van der Waals surface area (Å²) >= 11 is 0. The zero-order valence-corrected chi connectivity index (χ0v) is 13.0. The van der Waals surface area contributed by atoms with Gasteiger partial charge in [-0.05, 0) is 45.3 Å². The highest BCUT2D eigenvalue weighted by molar-refractivity contribution is 5.80. The number of carbonyl (C=O) groups excluding carboxylic acids is 1. The van der Waals surface area contributed by atoms with Gasteiger partial charge in [-0.1, -0.05) is 6.92 Å². The second-order valence-corrected chi connectivity index (χ2v) is 5.22. The van der Waals surface area contributed by atoms with E-state index >= 15 is 0 Å². The molecule has 0 saturated carbocycles. The Morgan fingerprint density at radius 1 is 1.57 bits per heavy atom. The van der Waals surface area contributed by atoms with Gasteiger partial charge in [0.1, 0.15) is 0 Å². The lowest BCUT2D eigenvalue weighted by molar-refractivity contribution is -0.389. The van der Waals surface area contributed by atoms with Crippen LogP contribution in [0.2, 0.25) is 0 Å². The number of hydrogen-bond donors (Lipinski definition) is 1. The number of amides is 1. The number of nitrogens with one attached hydrogen (secondary N) is 1. The zero-order valence-electron chi connectivity index (χ0n) is 13.0. The molecule has 0 spiro atoms. The molecule has 1 N–H and O–H groups in total. The molecular weight excluding hydrogens is 274 g/mol. The van der Waals surface area contributed by atoms with Crippen molar-refractivity contribution in [3.63, 3.8) is 0 Å². The zero-order chi connectivity index (χ0) is 16.0. The van der Waals surface area contributed by atoms with E-state index in [4.69, 9.17) is 0 Å². The van der Waals surface area contributed by atoms with Gasteiger partial charge in [-0.2, -0.15) is 4.68 Å². The largest absolute Gasteiger partial charge is 0.390 e. The van der Waals surface area contributed by atoms with Crippen LogP contribution in [0.3, 0.4) is 0 Å². The Labute approximate surface area is 124 Å². The monoisotopic (exact) mass is 297 g/mol. The molecule has 1 aromatic rings. The summed E-state index contributed by atoms with van der Waals surface area (Å²) in [6.07, 6.45) is 1.38. The molecule has 21 heavy (non-hydrogen) atoms. The molecule has 0 aliphatic carbocycles. The average molecular weight is 297 g/mol. The van der Waals surface area contributed by atoms with Gasteiger partial charge >= 0.3 is 5.82 Å². The first-order valence-electron chi connectivity index (χ1n) is 6.99. The number of rotatable bonds is 8. The molecule has 1 rings (SSSR count). The first-order valence-corrected chi connectivity index (χ1v) is 6.99. The molecule has 1 aromatic heterocycles. The van der Waals surface area contributed by atoms with Gasteiger partial charge in [-0.25, -0.2) is 0 Å². The van der Waals surface area contributed by atoms with Crippen molar-refractivity contribution in [2.45, 2.75) is 32.7 Å². The van der Waals surface area contributed by atoms with Crippen LogP contribution in [-0.4, -0.2) is 52.7 Å². The van der Waals surface area contributed by atoms with Gasteiger partial charge < -0.3 is 20.3 Å². The number of aromatic nitrogens is 2. The fourth-order valence-electron chi connectivity index (χ4n) is 2.07. The number of nitro groups is 1. The molecule has 8 nitrogen and oxygen atoms in total. The predicted molar refractivity (Wildman–Crippen MR) is 79.1 cm³/mol.